The molecule has 1 radical (unpaired) electrons. The summed E-state index contributed by atoms with van der Waals surface area (Å²) in [5.41, 5.74) is 23.9. The number of carbonyl (C=O) groups excluding carboxylic acids is 1. The predicted octanol–water partition coefficient (Wildman–Crippen LogP) is 24.2. The molecule has 16 aromatic rings. The number of para-hydroxylation sites is 2. The number of carbonyl (C=O) groups is 1. The number of aromatic nitrogens is 2. The molecule has 0 saturated carbocycles. The van der Waals surface area contributed by atoms with Gasteiger partial charge in [-0.15, -0.1) is 47.5 Å². The summed E-state index contributed by atoms with van der Waals surface area (Å²) < 4.78 is 13.2. The number of benzene rings is 12. The number of furan rings is 2. The third-order valence-electron chi connectivity index (χ3n) is 19.4. The number of aliphatic hydroxyl groups excluding tert-OH is 1. The van der Waals surface area contributed by atoms with Crippen molar-refractivity contribution in [2.75, 3.05) is 0 Å². The smallest absolute Gasteiger partial charge is 0.159 e. The van der Waals surface area contributed by atoms with Gasteiger partial charge in [0.1, 0.15) is 22.3 Å². The minimum atomic E-state index is -0.0972. The van der Waals surface area contributed by atoms with Crippen molar-refractivity contribution in [3.8, 4) is 100 Å². The molecule has 0 atom stereocenters. The molecule has 0 saturated heterocycles. The van der Waals surface area contributed by atoms with Gasteiger partial charge in [-0.2, -0.15) is 0 Å². The van der Waals surface area contributed by atoms with Crippen LogP contribution in [0.5, 0.6) is 0 Å². The van der Waals surface area contributed by atoms with E-state index in [9.17, 15) is 9.90 Å². The molecule has 0 spiro atoms. The van der Waals surface area contributed by atoms with Gasteiger partial charge < -0.3 is 23.9 Å². The van der Waals surface area contributed by atoms with E-state index in [4.69, 9.17) is 18.8 Å². The fourth-order valence-electron chi connectivity index (χ4n) is 14.6. The molecular weight excluding hydrogens is 1370 g/mol. The van der Waals surface area contributed by atoms with E-state index in [2.05, 4.69) is 263 Å². The number of ketones is 1. The number of allylic oxidation sites excluding steroid dienone is 2. The van der Waals surface area contributed by atoms with Gasteiger partial charge in [0, 0.05) is 82.2 Å². The van der Waals surface area contributed by atoms with Gasteiger partial charge in [0.05, 0.1) is 5.76 Å². The van der Waals surface area contributed by atoms with Gasteiger partial charge in [-0.3, -0.25) is 4.79 Å². The van der Waals surface area contributed by atoms with Gasteiger partial charge >= 0.3 is 0 Å². The summed E-state index contributed by atoms with van der Waals surface area (Å²) in [7, 11) is 0. The monoisotopic (exact) mass is 1430 g/mol. The Bertz CT molecular complexity index is 5480. The number of nitrogens with zero attached hydrogens (tertiary/aromatic N) is 2. The molecule has 0 bridgehead atoms. The van der Waals surface area contributed by atoms with Crippen molar-refractivity contribution < 1.29 is 38.8 Å². The first-order valence-corrected chi connectivity index (χ1v) is 33.2. The molecule has 471 valence electrons. The Balaban J connectivity index is 0.00000770. The molecule has 6 nitrogen and oxygen atoms in total. The van der Waals surface area contributed by atoms with Crippen molar-refractivity contribution >= 4 is 71.2 Å². The number of rotatable bonds is 16. The van der Waals surface area contributed by atoms with E-state index in [1.807, 2.05) is 38.1 Å². The van der Waals surface area contributed by atoms with Crippen LogP contribution in [0.2, 0.25) is 0 Å². The fourth-order valence-corrected chi connectivity index (χ4v) is 14.6. The molecule has 0 amide bonds. The zero-order valence-electron chi connectivity index (χ0n) is 54.2. The van der Waals surface area contributed by atoms with Crippen molar-refractivity contribution in [1.82, 2.24) is 9.97 Å². The topological polar surface area (TPSA) is 89.4 Å². The maximum absolute atomic E-state index is 13.8. The second-order valence-corrected chi connectivity index (χ2v) is 25.1. The summed E-state index contributed by atoms with van der Waals surface area (Å²) in [6.07, 6.45) is 3.69. The molecule has 97 heavy (non-hydrogen) atoms. The molecule has 0 unspecified atom stereocenters. The maximum atomic E-state index is 13.8. The molecular formula is C90H66IrN2O4-2. The standard InChI is InChI=1S/C90H66N2O4.Ir/c1-5-57(6-2)84(94)54-66(93)44-41-58-23-7-12-28-69(58)63-47-64(70-29-13-15-31-72(70)74-45-42-61(82-52-59-24-8-10-26-67(59)55(3)91-82)50-80(74)76-35-21-39-87-89(76)78-33-17-19-37-85(78)95-87)49-65(48-63)71-30-14-16-32-73(71)75-46-43-62(83-53-60-25-9-11-27-68(60)56(4)92-83)51-81(75)77-36-22-40-88-90(77)79-34-18-20-38-86(79)96-88;/h7-40,45-54,57,94H,5-6,41,44H2,1-4H3;/q-2;/b84-54-;. The minimum absolute atomic E-state index is 0. The van der Waals surface area contributed by atoms with Crippen molar-refractivity contribution in [3.63, 3.8) is 0 Å². The first-order chi connectivity index (χ1) is 47.1. The van der Waals surface area contributed by atoms with Crippen molar-refractivity contribution in [2.24, 2.45) is 5.92 Å². The summed E-state index contributed by atoms with van der Waals surface area (Å²) in [4.78, 5) is 24.3. The normalized spacial score (nSPS) is 11.8. The van der Waals surface area contributed by atoms with Crippen LogP contribution in [0.4, 0.5) is 0 Å². The van der Waals surface area contributed by atoms with E-state index in [1.165, 1.54) is 6.08 Å². The average molecular weight is 1430 g/mol. The van der Waals surface area contributed by atoms with E-state index < -0.39 is 0 Å². The van der Waals surface area contributed by atoms with Gasteiger partial charge in [-0.05, 0) is 148 Å². The molecule has 16 rings (SSSR count). The van der Waals surface area contributed by atoms with Crippen molar-refractivity contribution in [2.45, 2.75) is 53.4 Å². The molecule has 0 aliphatic carbocycles. The maximum Gasteiger partial charge on any atom is 0.159 e. The number of pyridine rings is 2. The number of fused-ring (bicyclic) bond motifs is 8. The Kier molecular flexibility index (Phi) is 16.8. The first-order valence-electron chi connectivity index (χ1n) is 33.2. The summed E-state index contributed by atoms with van der Waals surface area (Å²) >= 11 is 0. The van der Waals surface area contributed by atoms with Crippen LogP contribution < -0.4 is 0 Å². The van der Waals surface area contributed by atoms with E-state index in [-0.39, 0.29) is 44.0 Å². The minimum Gasteiger partial charge on any atom is -0.512 e. The van der Waals surface area contributed by atoms with Gasteiger partial charge in [0.25, 0.3) is 0 Å². The van der Waals surface area contributed by atoms with Gasteiger partial charge in [0.15, 0.2) is 5.78 Å². The first kappa shape index (κ1) is 62.1. The summed E-state index contributed by atoms with van der Waals surface area (Å²) in [5.74, 6) is 0.00601. The molecule has 12 aromatic carbocycles. The van der Waals surface area contributed by atoms with Gasteiger partial charge in [-0.25, -0.2) is 0 Å². The van der Waals surface area contributed by atoms with Crippen LogP contribution in [0.1, 0.15) is 50.1 Å². The summed E-state index contributed by atoms with van der Waals surface area (Å²) in [5, 5.41) is 19.7. The molecule has 0 aliphatic heterocycles. The average Bonchev–Trinajstić information content (AvgIpc) is 1.68. The van der Waals surface area contributed by atoms with Crippen molar-refractivity contribution in [1.29, 1.82) is 0 Å². The number of hydrogen-bond acceptors (Lipinski definition) is 6. The van der Waals surface area contributed by atoms with Crippen LogP contribution in [-0.4, -0.2) is 20.9 Å². The largest absolute Gasteiger partial charge is 0.512 e. The molecule has 7 heteroatoms. The Morgan fingerprint density at radius 1 is 0.423 bits per heavy atom. The van der Waals surface area contributed by atoms with E-state index in [0.717, 1.165) is 196 Å². The zero-order valence-corrected chi connectivity index (χ0v) is 56.6. The van der Waals surface area contributed by atoms with Crippen LogP contribution in [0.15, 0.2) is 282 Å². The Morgan fingerprint density at radius 2 is 0.814 bits per heavy atom. The Labute approximate surface area is 577 Å². The number of hydrogen-bond donors (Lipinski definition) is 1. The second-order valence-electron chi connectivity index (χ2n) is 25.1. The Morgan fingerprint density at radius 3 is 1.30 bits per heavy atom. The zero-order chi connectivity index (χ0) is 65.0. The third-order valence-corrected chi connectivity index (χ3v) is 19.4. The van der Waals surface area contributed by atoms with E-state index >= 15 is 0 Å². The number of aliphatic hydroxyl groups is 1. The molecule has 0 fully saturated rings. The van der Waals surface area contributed by atoms with Crippen LogP contribution in [-0.2, 0) is 31.3 Å². The SMILES string of the molecule is CCC(CC)/C(O)=C/C(=O)CCc1ccccc1-c1cc(-c2ccccc2-c2c[c-]c(-c3cc4ccccc4c(C)n3)cc2-c2cccc3oc4ccccc4c23)cc(-c2ccccc2-c2c[c-]c(-c3cc4ccccc4c(C)n3)cc2-c2cccc3oc4ccccc4c23)c1.[Ir]. The second kappa shape index (κ2) is 26.3. The summed E-state index contributed by atoms with van der Waals surface area (Å²) in [6.45, 7) is 8.24. The van der Waals surface area contributed by atoms with Crippen molar-refractivity contribution in [3.05, 3.63) is 302 Å². The number of aryl methyl sites for hydroxylation is 3. The molecule has 0 aliphatic rings. The van der Waals surface area contributed by atoms with Crippen LogP contribution >= 0.6 is 0 Å². The fraction of sp³-hybridized carbons (Fsp3) is 0.100. The van der Waals surface area contributed by atoms with Crippen LogP contribution in [0, 0.1) is 31.9 Å². The van der Waals surface area contributed by atoms with Crippen LogP contribution in [0.25, 0.3) is 166 Å². The summed E-state index contributed by atoms with van der Waals surface area (Å²) in [6, 6.07) is 99.7. The molecule has 4 aromatic heterocycles. The van der Waals surface area contributed by atoms with Crippen LogP contribution in [0.3, 0.4) is 0 Å². The molecule has 1 N–H and O–H groups in total. The molecule has 4 heterocycles. The van der Waals surface area contributed by atoms with Gasteiger partial charge in [0.2, 0.25) is 0 Å². The quantitative estimate of drug-likeness (QED) is 0.0589. The third kappa shape index (κ3) is 11.5. The van der Waals surface area contributed by atoms with Gasteiger partial charge in [-0.1, -0.05) is 241 Å². The van der Waals surface area contributed by atoms with E-state index in [0.29, 0.717) is 6.42 Å². The van der Waals surface area contributed by atoms with E-state index in [1.54, 1.807) is 0 Å². The predicted molar refractivity (Wildman–Crippen MR) is 396 cm³/mol. The Hall–Kier alpha value is -11.1.